The average molecular weight is 389 g/mol. The molecule has 0 N–H and O–H groups in total. The van der Waals surface area contributed by atoms with E-state index >= 15 is 0 Å². The first kappa shape index (κ1) is 21.5. The second kappa shape index (κ2) is 9.98. The highest BCUT2D eigenvalue weighted by molar-refractivity contribution is 5.68. The maximum Gasteiger partial charge on any atom is 0.303 e. The molecular weight excluding hydrogens is 362 g/mol. The maximum atomic E-state index is 11.7. The van der Waals surface area contributed by atoms with Crippen molar-refractivity contribution in [1.29, 1.82) is 0 Å². The van der Waals surface area contributed by atoms with Crippen LogP contribution < -0.4 is 0 Å². The molecule has 5 atom stereocenters. The fourth-order valence-electron chi connectivity index (χ4n) is 3.23. The molecule has 0 aliphatic carbocycles. The number of carbonyl (C=O) groups excluding carboxylic acids is 3. The molecule has 2 aliphatic heterocycles. The van der Waals surface area contributed by atoms with Crippen LogP contribution >= 0.6 is 0 Å². The molecule has 2 fully saturated rings. The van der Waals surface area contributed by atoms with Crippen LogP contribution in [0.4, 0.5) is 0 Å². The Morgan fingerprint density at radius 3 is 1.93 bits per heavy atom. The highest BCUT2D eigenvalue weighted by Gasteiger charge is 2.52. The lowest BCUT2D eigenvalue weighted by molar-refractivity contribution is -0.300. The van der Waals surface area contributed by atoms with Crippen molar-refractivity contribution in [2.24, 2.45) is 0 Å². The minimum atomic E-state index is -1.07. The van der Waals surface area contributed by atoms with E-state index in [1.165, 1.54) is 27.9 Å². The van der Waals surface area contributed by atoms with Gasteiger partial charge in [-0.1, -0.05) is 0 Å². The molecule has 2 rings (SSSR count). The minimum absolute atomic E-state index is 0.408. The van der Waals surface area contributed by atoms with Crippen LogP contribution in [0.1, 0.15) is 20.8 Å². The zero-order valence-corrected chi connectivity index (χ0v) is 16.0. The van der Waals surface area contributed by atoms with E-state index in [0.29, 0.717) is 32.8 Å². The standard InChI is InChI=1S/C17H27NO9/c1-10(19)24-14-13(9-18-5-7-23-8-6-18)27-17(22-4)16(26-12(3)21)15(14)25-11(2)20/h13-17H,5-9H2,1-4H3/t13-,14+,15+,16-,17+/m1/s1. The van der Waals surface area contributed by atoms with Gasteiger partial charge < -0.3 is 28.4 Å². The number of rotatable bonds is 6. The van der Waals surface area contributed by atoms with E-state index < -0.39 is 48.6 Å². The van der Waals surface area contributed by atoms with Crippen LogP contribution in [0.25, 0.3) is 0 Å². The van der Waals surface area contributed by atoms with Crippen LogP contribution in [-0.4, -0.2) is 93.5 Å². The van der Waals surface area contributed by atoms with Gasteiger partial charge in [-0.15, -0.1) is 0 Å². The summed E-state index contributed by atoms with van der Waals surface area (Å²) in [5.41, 5.74) is 0. The van der Waals surface area contributed by atoms with Crippen molar-refractivity contribution in [3.05, 3.63) is 0 Å². The van der Waals surface area contributed by atoms with Crippen molar-refractivity contribution >= 4 is 17.9 Å². The van der Waals surface area contributed by atoms with E-state index in [4.69, 9.17) is 28.4 Å². The maximum absolute atomic E-state index is 11.7. The van der Waals surface area contributed by atoms with Gasteiger partial charge in [0.25, 0.3) is 0 Å². The lowest BCUT2D eigenvalue weighted by atomic mass is 9.97. The van der Waals surface area contributed by atoms with Crippen molar-refractivity contribution in [2.45, 2.75) is 51.5 Å². The second-order valence-electron chi connectivity index (χ2n) is 6.41. The lowest BCUT2D eigenvalue weighted by Crippen LogP contribution is -2.64. The zero-order chi connectivity index (χ0) is 20.0. The first-order valence-electron chi connectivity index (χ1n) is 8.81. The number of hydrogen-bond donors (Lipinski definition) is 0. The normalized spacial score (nSPS) is 31.8. The summed E-state index contributed by atoms with van der Waals surface area (Å²) < 4.78 is 32.6. The first-order valence-corrected chi connectivity index (χ1v) is 8.81. The molecule has 0 spiro atoms. The Kier molecular flexibility index (Phi) is 7.96. The predicted molar refractivity (Wildman–Crippen MR) is 89.6 cm³/mol. The summed E-state index contributed by atoms with van der Waals surface area (Å²) in [6.45, 7) is 6.66. The monoisotopic (exact) mass is 389 g/mol. The molecule has 2 saturated heterocycles. The van der Waals surface area contributed by atoms with Crippen LogP contribution in [0.3, 0.4) is 0 Å². The lowest BCUT2D eigenvalue weighted by Gasteiger charge is -2.45. The molecule has 2 aliphatic rings. The SMILES string of the molecule is CO[C@H]1O[C@H](CN2CCOCC2)[C@H](OC(C)=O)[C@H](OC(C)=O)[C@H]1OC(C)=O. The molecule has 0 bridgehead atoms. The molecule has 0 unspecified atom stereocenters. The van der Waals surface area contributed by atoms with Crippen LogP contribution in [0.15, 0.2) is 0 Å². The average Bonchev–Trinajstić information content (AvgIpc) is 2.59. The van der Waals surface area contributed by atoms with Crippen molar-refractivity contribution in [1.82, 2.24) is 4.90 Å². The van der Waals surface area contributed by atoms with Crippen LogP contribution in [0.2, 0.25) is 0 Å². The smallest absolute Gasteiger partial charge is 0.303 e. The quantitative estimate of drug-likeness (QED) is 0.435. The van der Waals surface area contributed by atoms with Gasteiger partial charge in [0.05, 0.1) is 13.2 Å². The van der Waals surface area contributed by atoms with Gasteiger partial charge in [0.15, 0.2) is 24.6 Å². The largest absolute Gasteiger partial charge is 0.456 e. The summed E-state index contributed by atoms with van der Waals surface area (Å²) in [6.07, 6.45) is -4.70. The van der Waals surface area contributed by atoms with Gasteiger partial charge in [-0.2, -0.15) is 0 Å². The van der Waals surface area contributed by atoms with Crippen LogP contribution in [-0.2, 0) is 42.8 Å². The summed E-state index contributed by atoms with van der Waals surface area (Å²) in [4.78, 5) is 36.9. The molecule has 0 saturated carbocycles. The van der Waals surface area contributed by atoms with Crippen molar-refractivity contribution < 1.29 is 42.8 Å². The fraction of sp³-hybridized carbons (Fsp3) is 0.824. The summed E-state index contributed by atoms with van der Waals surface area (Å²) in [5, 5.41) is 0. The van der Waals surface area contributed by atoms with Gasteiger partial charge in [-0.25, -0.2) is 0 Å². The third-order valence-electron chi connectivity index (χ3n) is 4.27. The van der Waals surface area contributed by atoms with E-state index in [9.17, 15) is 14.4 Å². The summed E-state index contributed by atoms with van der Waals surface area (Å²) in [7, 11) is 1.39. The third-order valence-corrected chi connectivity index (χ3v) is 4.27. The van der Waals surface area contributed by atoms with Gasteiger partial charge >= 0.3 is 17.9 Å². The Bertz CT molecular complexity index is 534. The molecule has 10 nitrogen and oxygen atoms in total. The third kappa shape index (κ3) is 6.13. The highest BCUT2D eigenvalue weighted by atomic mass is 16.7. The van der Waals surface area contributed by atoms with Crippen molar-refractivity contribution in [3.63, 3.8) is 0 Å². The molecule has 10 heteroatoms. The summed E-state index contributed by atoms with van der Waals surface area (Å²) in [6, 6.07) is 0. The fourth-order valence-corrected chi connectivity index (χ4v) is 3.23. The predicted octanol–water partition coefficient (Wildman–Crippen LogP) is -0.515. The first-order chi connectivity index (χ1) is 12.8. The Morgan fingerprint density at radius 1 is 0.889 bits per heavy atom. The second-order valence-corrected chi connectivity index (χ2v) is 6.41. The molecular formula is C17H27NO9. The van der Waals surface area contributed by atoms with E-state index in [1.54, 1.807) is 0 Å². The molecule has 0 radical (unpaired) electrons. The molecule has 0 aromatic heterocycles. The molecule has 2 heterocycles. The van der Waals surface area contributed by atoms with Crippen molar-refractivity contribution in [2.75, 3.05) is 40.0 Å². The van der Waals surface area contributed by atoms with Gasteiger partial charge in [-0.05, 0) is 0 Å². The summed E-state index contributed by atoms with van der Waals surface area (Å²) in [5.74, 6) is -1.77. The minimum Gasteiger partial charge on any atom is -0.456 e. The van der Waals surface area contributed by atoms with E-state index in [-0.39, 0.29) is 0 Å². The van der Waals surface area contributed by atoms with E-state index in [2.05, 4.69) is 4.90 Å². The van der Waals surface area contributed by atoms with Crippen LogP contribution in [0.5, 0.6) is 0 Å². The van der Waals surface area contributed by atoms with Gasteiger partial charge in [0, 0.05) is 47.5 Å². The zero-order valence-electron chi connectivity index (χ0n) is 16.0. The van der Waals surface area contributed by atoms with Gasteiger partial charge in [0.1, 0.15) is 6.10 Å². The Balaban J connectivity index is 2.28. The van der Waals surface area contributed by atoms with Crippen LogP contribution in [0, 0.1) is 0 Å². The topological polar surface area (TPSA) is 110 Å². The van der Waals surface area contributed by atoms with Gasteiger partial charge in [0.2, 0.25) is 0 Å². The number of morpholine rings is 1. The molecule has 0 amide bonds. The van der Waals surface area contributed by atoms with E-state index in [1.807, 2.05) is 0 Å². The Labute approximate surface area is 157 Å². The van der Waals surface area contributed by atoms with Crippen molar-refractivity contribution in [3.8, 4) is 0 Å². The number of nitrogens with zero attached hydrogens (tertiary/aromatic N) is 1. The number of carbonyl (C=O) groups is 3. The van der Waals surface area contributed by atoms with E-state index in [0.717, 1.165) is 0 Å². The molecule has 0 aromatic rings. The number of hydrogen-bond acceptors (Lipinski definition) is 10. The molecule has 0 aromatic carbocycles. The molecule has 27 heavy (non-hydrogen) atoms. The highest BCUT2D eigenvalue weighted by Crippen LogP contribution is 2.29. The molecule has 154 valence electrons. The van der Waals surface area contributed by atoms with Gasteiger partial charge in [-0.3, -0.25) is 19.3 Å². The number of methoxy groups -OCH3 is 1. The Morgan fingerprint density at radius 2 is 1.41 bits per heavy atom. The number of esters is 3. The Hall–Kier alpha value is -1.75. The number of ether oxygens (including phenoxy) is 6. The summed E-state index contributed by atoms with van der Waals surface area (Å²) >= 11 is 0.